The zero-order valence-electron chi connectivity index (χ0n) is 15.5. The number of rotatable bonds is 8. The quantitative estimate of drug-likeness (QED) is 0.438. The van der Waals surface area contributed by atoms with Crippen LogP contribution in [0.1, 0.15) is 37.4 Å². The molecule has 1 aromatic heterocycles. The van der Waals surface area contributed by atoms with Crippen molar-refractivity contribution in [3.63, 3.8) is 0 Å². The Bertz CT molecular complexity index is 554. The number of hydrogen-bond donors (Lipinski definition) is 1. The summed E-state index contributed by atoms with van der Waals surface area (Å²) < 4.78 is 42.3. The van der Waals surface area contributed by atoms with Crippen LogP contribution < -0.4 is 5.32 Å². The molecule has 6 nitrogen and oxygen atoms in total. The van der Waals surface area contributed by atoms with Gasteiger partial charge in [-0.05, 0) is 12.3 Å². The summed E-state index contributed by atoms with van der Waals surface area (Å²) in [5.74, 6) is 1.000. The van der Waals surface area contributed by atoms with Crippen molar-refractivity contribution in [2.24, 2.45) is 12.0 Å². The molecule has 0 amide bonds. The number of hydrogen-bond acceptors (Lipinski definition) is 3. The standard InChI is InChI=1S/C16H28F3N5O/c1-12(2)14-13(10-24(5)22-14)9-23(4)15(20-3)21-7-6-8-25-11-16(17,18)19/h10,12H,6-9,11H2,1-5H3,(H,20,21). The van der Waals surface area contributed by atoms with Gasteiger partial charge in [0.2, 0.25) is 0 Å². The van der Waals surface area contributed by atoms with Gasteiger partial charge in [-0.3, -0.25) is 9.67 Å². The highest BCUT2D eigenvalue weighted by Crippen LogP contribution is 2.18. The van der Waals surface area contributed by atoms with Crippen molar-refractivity contribution in [2.75, 3.05) is 33.9 Å². The van der Waals surface area contributed by atoms with Gasteiger partial charge in [0.15, 0.2) is 5.96 Å². The van der Waals surface area contributed by atoms with Crippen LogP contribution in [0.4, 0.5) is 13.2 Å². The van der Waals surface area contributed by atoms with Crippen molar-refractivity contribution in [1.29, 1.82) is 0 Å². The first-order valence-electron chi connectivity index (χ1n) is 8.22. The van der Waals surface area contributed by atoms with Gasteiger partial charge in [-0.2, -0.15) is 18.3 Å². The molecule has 1 rings (SSSR count). The lowest BCUT2D eigenvalue weighted by atomic mass is 10.1. The predicted molar refractivity (Wildman–Crippen MR) is 91.6 cm³/mol. The van der Waals surface area contributed by atoms with Gasteiger partial charge >= 0.3 is 6.18 Å². The fraction of sp³-hybridized carbons (Fsp3) is 0.750. The lowest BCUT2D eigenvalue weighted by molar-refractivity contribution is -0.173. The van der Waals surface area contributed by atoms with Gasteiger partial charge in [0.05, 0.1) is 5.69 Å². The number of halogens is 3. The van der Waals surface area contributed by atoms with Gasteiger partial charge in [-0.25, -0.2) is 0 Å². The van der Waals surface area contributed by atoms with Crippen LogP contribution >= 0.6 is 0 Å². The molecule has 0 saturated heterocycles. The SMILES string of the molecule is CN=C(NCCCOCC(F)(F)F)N(C)Cc1cn(C)nc1C(C)C. The maximum absolute atomic E-state index is 12.0. The van der Waals surface area contributed by atoms with Crippen LogP contribution in [0.2, 0.25) is 0 Å². The van der Waals surface area contributed by atoms with Crippen molar-refractivity contribution >= 4 is 5.96 Å². The lowest BCUT2D eigenvalue weighted by Crippen LogP contribution is -2.39. The molecule has 0 aromatic carbocycles. The first-order valence-corrected chi connectivity index (χ1v) is 8.22. The van der Waals surface area contributed by atoms with E-state index in [0.717, 1.165) is 11.3 Å². The van der Waals surface area contributed by atoms with Gasteiger partial charge < -0.3 is 15.0 Å². The minimum absolute atomic E-state index is 0.0489. The number of ether oxygens (including phenoxy) is 1. The van der Waals surface area contributed by atoms with E-state index in [1.54, 1.807) is 11.7 Å². The van der Waals surface area contributed by atoms with E-state index in [9.17, 15) is 13.2 Å². The fourth-order valence-electron chi connectivity index (χ4n) is 2.44. The summed E-state index contributed by atoms with van der Waals surface area (Å²) in [5, 5.41) is 7.62. The molecule has 25 heavy (non-hydrogen) atoms. The number of nitrogens with one attached hydrogen (secondary N) is 1. The summed E-state index contributed by atoms with van der Waals surface area (Å²) in [6.45, 7) is 4.16. The van der Waals surface area contributed by atoms with Crippen LogP contribution in [0, 0.1) is 0 Å². The number of aryl methyl sites for hydroxylation is 1. The largest absolute Gasteiger partial charge is 0.411 e. The van der Waals surface area contributed by atoms with Crippen LogP contribution in [0.5, 0.6) is 0 Å². The third kappa shape index (κ3) is 7.76. The molecule has 1 N–H and O–H groups in total. The van der Waals surface area contributed by atoms with Crippen LogP contribution in [0.25, 0.3) is 0 Å². The highest BCUT2D eigenvalue weighted by atomic mass is 19.4. The second-order valence-corrected chi connectivity index (χ2v) is 6.22. The van der Waals surface area contributed by atoms with E-state index in [2.05, 4.69) is 34.0 Å². The monoisotopic (exact) mass is 363 g/mol. The van der Waals surface area contributed by atoms with Crippen LogP contribution in [0.3, 0.4) is 0 Å². The molecular weight excluding hydrogens is 335 g/mol. The summed E-state index contributed by atoms with van der Waals surface area (Å²) in [5.41, 5.74) is 2.17. The van der Waals surface area contributed by atoms with Crippen LogP contribution in [-0.2, 0) is 18.3 Å². The summed E-state index contributed by atoms with van der Waals surface area (Å²) in [6.07, 6.45) is -1.82. The Balaban J connectivity index is 2.44. The Labute approximate surface area is 147 Å². The Morgan fingerprint density at radius 1 is 1.44 bits per heavy atom. The van der Waals surface area contributed by atoms with E-state index in [-0.39, 0.29) is 6.61 Å². The van der Waals surface area contributed by atoms with Gasteiger partial charge in [-0.1, -0.05) is 13.8 Å². The molecule has 9 heteroatoms. The lowest BCUT2D eigenvalue weighted by Gasteiger charge is -2.22. The van der Waals surface area contributed by atoms with E-state index in [1.165, 1.54) is 0 Å². The molecule has 0 unspecified atom stereocenters. The highest BCUT2D eigenvalue weighted by Gasteiger charge is 2.27. The third-order valence-electron chi connectivity index (χ3n) is 3.48. The molecule has 144 valence electrons. The number of aromatic nitrogens is 2. The van der Waals surface area contributed by atoms with Crippen molar-refractivity contribution < 1.29 is 17.9 Å². The molecule has 0 aliphatic carbocycles. The zero-order chi connectivity index (χ0) is 19.0. The minimum Gasteiger partial charge on any atom is -0.372 e. The zero-order valence-corrected chi connectivity index (χ0v) is 15.5. The highest BCUT2D eigenvalue weighted by molar-refractivity contribution is 5.79. The molecule has 0 saturated carbocycles. The minimum atomic E-state index is -4.28. The topological polar surface area (TPSA) is 54.7 Å². The van der Waals surface area contributed by atoms with E-state index < -0.39 is 12.8 Å². The van der Waals surface area contributed by atoms with Gasteiger partial charge in [-0.15, -0.1) is 0 Å². The number of aliphatic imine (C=N–C) groups is 1. The molecule has 0 fully saturated rings. The summed E-state index contributed by atoms with van der Waals surface area (Å²) in [7, 11) is 5.47. The van der Waals surface area contributed by atoms with Gasteiger partial charge in [0.1, 0.15) is 6.61 Å². The Kier molecular flexibility index (Phi) is 8.21. The number of guanidine groups is 1. The average molecular weight is 363 g/mol. The normalized spacial score (nSPS) is 12.8. The van der Waals surface area contributed by atoms with Gasteiger partial charge in [0, 0.05) is 52.6 Å². The molecular formula is C16H28F3N5O. The smallest absolute Gasteiger partial charge is 0.372 e. The maximum atomic E-state index is 12.0. The average Bonchev–Trinajstić information content (AvgIpc) is 2.86. The summed E-state index contributed by atoms with van der Waals surface area (Å²) >= 11 is 0. The second-order valence-electron chi connectivity index (χ2n) is 6.22. The van der Waals surface area contributed by atoms with Crippen molar-refractivity contribution in [1.82, 2.24) is 20.0 Å². The van der Waals surface area contributed by atoms with E-state index >= 15 is 0 Å². The fourth-order valence-corrected chi connectivity index (χ4v) is 2.44. The molecule has 0 aliphatic heterocycles. The van der Waals surface area contributed by atoms with Crippen LogP contribution in [0.15, 0.2) is 11.2 Å². The molecule has 1 aromatic rings. The first kappa shape index (κ1) is 21.3. The first-order chi connectivity index (χ1) is 11.6. The summed E-state index contributed by atoms with van der Waals surface area (Å²) in [6, 6.07) is 0. The molecule has 0 atom stereocenters. The molecule has 1 heterocycles. The molecule has 0 bridgehead atoms. The van der Waals surface area contributed by atoms with E-state index in [0.29, 0.717) is 31.4 Å². The number of nitrogens with zero attached hydrogens (tertiary/aromatic N) is 4. The van der Waals surface area contributed by atoms with Crippen LogP contribution in [-0.4, -0.2) is 60.7 Å². The Morgan fingerprint density at radius 3 is 2.68 bits per heavy atom. The summed E-state index contributed by atoms with van der Waals surface area (Å²) in [4.78, 5) is 6.16. The third-order valence-corrected chi connectivity index (χ3v) is 3.48. The van der Waals surface area contributed by atoms with E-state index in [1.807, 2.05) is 25.2 Å². The van der Waals surface area contributed by atoms with Crippen molar-refractivity contribution in [3.05, 3.63) is 17.5 Å². The molecule has 0 spiro atoms. The van der Waals surface area contributed by atoms with Crippen molar-refractivity contribution in [2.45, 2.75) is 38.9 Å². The van der Waals surface area contributed by atoms with Gasteiger partial charge in [0.25, 0.3) is 0 Å². The van der Waals surface area contributed by atoms with E-state index in [4.69, 9.17) is 0 Å². The Hall–Kier alpha value is -1.77. The van der Waals surface area contributed by atoms with Crippen molar-refractivity contribution in [3.8, 4) is 0 Å². The molecule has 0 aliphatic rings. The molecule has 0 radical (unpaired) electrons. The second kappa shape index (κ2) is 9.65. The maximum Gasteiger partial charge on any atom is 0.411 e. The predicted octanol–water partition coefficient (Wildman–Crippen LogP) is 2.52. The number of alkyl halides is 3. The Morgan fingerprint density at radius 2 is 2.12 bits per heavy atom.